The molecule has 224 valence electrons. The minimum Gasteiger partial charge on any atom is -0.446 e. The average Bonchev–Trinajstić information content (AvgIpc) is 3.92. The second-order valence-corrected chi connectivity index (χ2v) is 13.0. The smallest absolute Gasteiger partial charge is 0.410 e. The molecule has 3 heterocycles. The number of nitrogens with zero attached hydrogens (tertiary/aromatic N) is 4. The van der Waals surface area contributed by atoms with Crippen LogP contribution in [0, 0.1) is 5.92 Å². The first kappa shape index (κ1) is 28.0. The Morgan fingerprint density at radius 2 is 1.93 bits per heavy atom. The Kier molecular flexibility index (Phi) is 7.16. The van der Waals surface area contributed by atoms with Crippen LogP contribution in [0.2, 0.25) is 5.02 Å². The maximum Gasteiger partial charge on any atom is 0.410 e. The maximum absolute atomic E-state index is 13.3. The van der Waals surface area contributed by atoms with Crippen LogP contribution in [0.25, 0.3) is 11.6 Å². The van der Waals surface area contributed by atoms with Crippen LogP contribution in [0.1, 0.15) is 85.5 Å². The van der Waals surface area contributed by atoms with E-state index >= 15 is 0 Å². The van der Waals surface area contributed by atoms with Crippen molar-refractivity contribution in [2.24, 2.45) is 13.0 Å². The molecular formula is C33H36ClN5O4. The molecule has 2 saturated carbocycles. The highest BCUT2D eigenvalue weighted by Gasteiger charge is 2.43. The maximum atomic E-state index is 13.3. The topological polar surface area (TPSA) is 98.6 Å². The summed E-state index contributed by atoms with van der Waals surface area (Å²) < 4.78 is 13.3. The van der Waals surface area contributed by atoms with E-state index < -0.39 is 17.7 Å². The second kappa shape index (κ2) is 11.0. The first-order chi connectivity index (χ1) is 20.8. The van der Waals surface area contributed by atoms with E-state index in [9.17, 15) is 9.59 Å². The van der Waals surface area contributed by atoms with Gasteiger partial charge < -0.3 is 24.3 Å². The molecule has 2 amide bonds. The van der Waals surface area contributed by atoms with Gasteiger partial charge in [0.15, 0.2) is 0 Å². The average molecular weight is 602 g/mol. The van der Waals surface area contributed by atoms with Crippen molar-refractivity contribution >= 4 is 35.4 Å². The fourth-order valence-electron chi connectivity index (χ4n) is 6.39. The number of piperidine rings is 1. The molecule has 1 aliphatic heterocycles. The summed E-state index contributed by atoms with van der Waals surface area (Å²) in [6.45, 7) is 3.24. The van der Waals surface area contributed by atoms with Crippen molar-refractivity contribution in [2.75, 3.05) is 13.1 Å². The largest absolute Gasteiger partial charge is 0.446 e. The van der Waals surface area contributed by atoms with Gasteiger partial charge in [0.05, 0.1) is 30.0 Å². The van der Waals surface area contributed by atoms with Crippen LogP contribution < -0.4 is 5.32 Å². The van der Waals surface area contributed by atoms with Crippen molar-refractivity contribution < 1.29 is 19.1 Å². The lowest BCUT2D eigenvalue weighted by molar-refractivity contribution is 0.0804. The molecule has 4 aliphatic rings. The third kappa shape index (κ3) is 5.75. The van der Waals surface area contributed by atoms with Gasteiger partial charge in [0.2, 0.25) is 0 Å². The molecule has 0 bridgehead atoms. The van der Waals surface area contributed by atoms with Gasteiger partial charge in [-0.1, -0.05) is 23.7 Å². The number of hydrogen-bond donors (Lipinski definition) is 1. The van der Waals surface area contributed by atoms with Gasteiger partial charge in [0.1, 0.15) is 11.7 Å². The number of aryl methyl sites for hydroxylation is 1. The van der Waals surface area contributed by atoms with Crippen LogP contribution in [0.15, 0.2) is 49.1 Å². The number of benzene rings is 1. The van der Waals surface area contributed by atoms with Crippen molar-refractivity contribution in [3.05, 3.63) is 82.2 Å². The Morgan fingerprint density at radius 3 is 2.63 bits per heavy atom. The molecular weight excluding hydrogens is 566 g/mol. The van der Waals surface area contributed by atoms with Crippen LogP contribution in [0.5, 0.6) is 0 Å². The number of aromatic nitrogens is 3. The van der Waals surface area contributed by atoms with Gasteiger partial charge in [-0.25, -0.2) is 14.6 Å². The summed E-state index contributed by atoms with van der Waals surface area (Å²) in [6.07, 6.45) is 12.2. The Hall–Kier alpha value is -3.85. The molecule has 2 atom stereocenters. The highest BCUT2D eigenvalue weighted by atomic mass is 35.5. The number of fused-ring (bicyclic) bond motifs is 2. The second-order valence-electron chi connectivity index (χ2n) is 12.5. The van der Waals surface area contributed by atoms with E-state index in [0.29, 0.717) is 18.1 Å². The summed E-state index contributed by atoms with van der Waals surface area (Å²) in [6, 6.07) is 9.48. The lowest BCUT2D eigenvalue weighted by Crippen LogP contribution is -2.40. The predicted molar refractivity (Wildman–Crippen MR) is 162 cm³/mol. The number of likely N-dealkylation sites (tertiary alicyclic amines) is 1. The first-order valence-electron chi connectivity index (χ1n) is 15.2. The third-order valence-electron chi connectivity index (χ3n) is 9.22. The summed E-state index contributed by atoms with van der Waals surface area (Å²) in [5.74, 6) is 0.220. The van der Waals surface area contributed by atoms with Gasteiger partial charge in [0, 0.05) is 37.3 Å². The number of rotatable bonds is 6. The molecule has 1 N–H and O–H groups in total. The predicted octanol–water partition coefficient (Wildman–Crippen LogP) is 6.49. The molecule has 2 aromatic heterocycles. The number of hydrogen-bond acceptors (Lipinski definition) is 6. The van der Waals surface area contributed by atoms with E-state index in [1.54, 1.807) is 12.5 Å². The molecule has 1 aromatic carbocycles. The SMILES string of the molecule is Cn1cncc1C(NC(=O)OC1(C)CC1)C1=Cc2cccnc2C(C2CCN(C(=O)OC3CC3)CC2)c2ccc(Cl)cc21. The van der Waals surface area contributed by atoms with E-state index in [1.165, 1.54) is 0 Å². The zero-order valence-corrected chi connectivity index (χ0v) is 25.2. The van der Waals surface area contributed by atoms with E-state index in [2.05, 4.69) is 28.5 Å². The van der Waals surface area contributed by atoms with Gasteiger partial charge >= 0.3 is 12.2 Å². The number of carbonyl (C=O) groups excluding carboxylic acids is 2. The zero-order valence-electron chi connectivity index (χ0n) is 24.5. The van der Waals surface area contributed by atoms with Crippen molar-refractivity contribution in [1.29, 1.82) is 0 Å². The number of carbonyl (C=O) groups is 2. The minimum absolute atomic E-state index is 0.0247. The number of pyridine rings is 1. The number of ether oxygens (including phenoxy) is 2. The van der Waals surface area contributed by atoms with Crippen molar-refractivity contribution in [3.63, 3.8) is 0 Å². The lowest BCUT2D eigenvalue weighted by atomic mass is 9.75. The van der Waals surface area contributed by atoms with Gasteiger partial charge in [0.25, 0.3) is 0 Å². The molecule has 0 spiro atoms. The van der Waals surface area contributed by atoms with Crippen LogP contribution in [0.4, 0.5) is 9.59 Å². The molecule has 43 heavy (non-hydrogen) atoms. The summed E-state index contributed by atoms with van der Waals surface area (Å²) in [7, 11) is 1.92. The number of amides is 2. The Labute approximate surface area is 256 Å². The number of alkyl carbamates (subject to hydrolysis) is 1. The third-order valence-corrected chi connectivity index (χ3v) is 9.45. The summed E-state index contributed by atoms with van der Waals surface area (Å²) in [5.41, 5.74) is 5.32. The Morgan fingerprint density at radius 1 is 1.14 bits per heavy atom. The monoisotopic (exact) mass is 601 g/mol. The molecule has 0 radical (unpaired) electrons. The summed E-state index contributed by atoms with van der Waals surface area (Å²) in [5, 5.41) is 3.77. The van der Waals surface area contributed by atoms with Crippen LogP contribution in [0.3, 0.4) is 0 Å². The fraction of sp³-hybridized carbons (Fsp3) is 0.455. The minimum atomic E-state index is -0.551. The van der Waals surface area contributed by atoms with Crippen LogP contribution in [-0.2, 0) is 16.5 Å². The Bertz CT molecular complexity index is 1590. The van der Waals surface area contributed by atoms with Crippen molar-refractivity contribution in [2.45, 2.75) is 69.1 Å². The number of halogens is 1. The van der Waals surface area contributed by atoms with Crippen LogP contribution >= 0.6 is 11.6 Å². The number of imidazole rings is 1. The van der Waals surface area contributed by atoms with Gasteiger partial charge in [-0.3, -0.25) is 4.98 Å². The molecule has 1 saturated heterocycles. The summed E-state index contributed by atoms with van der Waals surface area (Å²) >= 11 is 6.67. The molecule has 2 unspecified atom stereocenters. The van der Waals surface area contributed by atoms with E-state index in [4.69, 9.17) is 26.1 Å². The fourth-order valence-corrected chi connectivity index (χ4v) is 6.57. The highest BCUT2D eigenvalue weighted by molar-refractivity contribution is 6.30. The molecule has 9 nitrogen and oxygen atoms in total. The number of nitrogens with one attached hydrogen (secondary N) is 1. The molecule has 3 fully saturated rings. The first-order valence-corrected chi connectivity index (χ1v) is 15.5. The van der Waals surface area contributed by atoms with Gasteiger partial charge in [-0.2, -0.15) is 0 Å². The molecule has 7 rings (SSSR count). The van der Waals surface area contributed by atoms with Gasteiger partial charge in [-0.15, -0.1) is 0 Å². The standard InChI is InChI=1S/C33H36ClN5O4/c1-33(11-12-33)43-31(40)37-30(27-18-35-19-38(27)2)26-16-21-4-3-13-36-29(21)28(24-8-5-22(34)17-25(24)26)20-9-14-39(15-10-20)32(41)42-23-6-7-23/h3-5,8,13,16-20,23,28,30H,6-7,9-12,14-15H2,1-2H3,(H,37,40). The quantitative estimate of drug-likeness (QED) is 0.347. The van der Waals surface area contributed by atoms with Crippen molar-refractivity contribution in [1.82, 2.24) is 24.8 Å². The van der Waals surface area contributed by atoms with Crippen LogP contribution in [-0.4, -0.2) is 56.4 Å². The normalized spacial score (nSPS) is 21.5. The molecule has 3 aromatic rings. The van der Waals surface area contributed by atoms with Crippen molar-refractivity contribution in [3.8, 4) is 0 Å². The van der Waals surface area contributed by atoms with E-state index in [-0.39, 0.29) is 24.0 Å². The lowest BCUT2D eigenvalue weighted by Gasteiger charge is -2.36. The van der Waals surface area contributed by atoms with E-state index in [1.807, 2.05) is 47.8 Å². The zero-order chi connectivity index (χ0) is 29.7. The van der Waals surface area contributed by atoms with E-state index in [0.717, 1.165) is 72.2 Å². The highest BCUT2D eigenvalue weighted by Crippen LogP contribution is 2.48. The molecule has 3 aliphatic carbocycles. The van der Waals surface area contributed by atoms with Gasteiger partial charge in [-0.05, 0) is 97.9 Å². The summed E-state index contributed by atoms with van der Waals surface area (Å²) in [4.78, 5) is 37.1. The molecule has 10 heteroatoms. The Balaban J connectivity index is 1.28.